The number of methoxy groups -OCH3 is 1. The molecule has 0 radical (unpaired) electrons. The van der Waals surface area contributed by atoms with Crippen molar-refractivity contribution in [1.82, 2.24) is 23.7 Å². The predicted octanol–water partition coefficient (Wildman–Crippen LogP) is 2.20. The Bertz CT molecular complexity index is 1130. The second-order valence-corrected chi connectivity index (χ2v) is 9.97. The van der Waals surface area contributed by atoms with E-state index in [1.54, 1.807) is 7.11 Å². The summed E-state index contributed by atoms with van der Waals surface area (Å²) in [5.74, 6) is 1.97. The van der Waals surface area contributed by atoms with Gasteiger partial charge in [-0.05, 0) is 36.4 Å². The maximum absolute atomic E-state index is 11.2. The van der Waals surface area contributed by atoms with Gasteiger partial charge in [0.25, 0.3) is 0 Å². The van der Waals surface area contributed by atoms with E-state index >= 15 is 0 Å². The van der Waals surface area contributed by atoms with Crippen molar-refractivity contribution in [2.24, 2.45) is 11.7 Å². The molecule has 0 aliphatic carbocycles. The fraction of sp³-hybridized carbons (Fsp3) is 0.542. The van der Waals surface area contributed by atoms with Gasteiger partial charge < -0.3 is 19.8 Å². The van der Waals surface area contributed by atoms with E-state index in [-0.39, 0.29) is 5.91 Å². The van der Waals surface area contributed by atoms with E-state index in [1.807, 2.05) is 12.1 Å². The molecule has 34 heavy (non-hydrogen) atoms. The zero-order chi connectivity index (χ0) is 23.5. The fourth-order valence-electron chi connectivity index (χ4n) is 4.97. The molecule has 0 atom stereocenters. The number of primary amides is 1. The summed E-state index contributed by atoms with van der Waals surface area (Å²) < 4.78 is 18.3. The molecule has 3 aromatic rings. The number of hydrogen-bond acceptors (Lipinski definition) is 8. The van der Waals surface area contributed by atoms with E-state index in [0.717, 1.165) is 98.4 Å². The highest BCUT2D eigenvalue weighted by Gasteiger charge is 2.23. The van der Waals surface area contributed by atoms with Gasteiger partial charge in [-0.25, -0.2) is 4.98 Å². The molecule has 0 saturated carbocycles. The average molecular weight is 485 g/mol. The third kappa shape index (κ3) is 5.10. The van der Waals surface area contributed by atoms with Crippen LogP contribution in [0.1, 0.15) is 17.8 Å². The lowest BCUT2D eigenvalue weighted by Crippen LogP contribution is -2.48. The second kappa shape index (κ2) is 10.4. The first-order chi connectivity index (χ1) is 16.6. The molecule has 2 fully saturated rings. The minimum atomic E-state index is -0.269. The van der Waals surface area contributed by atoms with Crippen LogP contribution in [0.15, 0.2) is 24.4 Å². The van der Waals surface area contributed by atoms with Crippen molar-refractivity contribution in [3.8, 4) is 17.1 Å². The third-order valence-corrected chi connectivity index (χ3v) is 7.48. The number of hydrogen-bond donors (Lipinski definition) is 1. The molecule has 182 valence electrons. The Morgan fingerprint density at radius 1 is 1.21 bits per heavy atom. The average Bonchev–Trinajstić information content (AvgIpc) is 3.45. The molecule has 2 N–H and O–H groups in total. The normalized spacial score (nSPS) is 18.5. The monoisotopic (exact) mass is 484 g/mol. The fourth-order valence-corrected chi connectivity index (χ4v) is 5.66. The molecule has 0 bridgehead atoms. The summed E-state index contributed by atoms with van der Waals surface area (Å²) >= 11 is 1.47. The molecule has 4 heterocycles. The van der Waals surface area contributed by atoms with Gasteiger partial charge in [-0.1, -0.05) is 12.1 Å². The Kier molecular flexibility index (Phi) is 7.10. The molecule has 10 heteroatoms. The molecule has 0 unspecified atom stereocenters. The first-order valence-electron chi connectivity index (χ1n) is 11.9. The van der Waals surface area contributed by atoms with E-state index in [2.05, 4.69) is 26.6 Å². The molecule has 1 aromatic carbocycles. The molecular formula is C24H32N6O3S. The largest absolute Gasteiger partial charge is 0.495 e. The molecule has 0 spiro atoms. The number of carbonyl (C=O) groups excluding carboxylic acids is 1. The van der Waals surface area contributed by atoms with Crippen LogP contribution in [-0.2, 0) is 22.6 Å². The van der Waals surface area contributed by atoms with Gasteiger partial charge in [-0.2, -0.15) is 4.37 Å². The Morgan fingerprint density at radius 2 is 1.97 bits per heavy atom. The molecular weight excluding hydrogens is 452 g/mol. The predicted molar refractivity (Wildman–Crippen MR) is 132 cm³/mol. The molecule has 2 aliphatic rings. The molecule has 2 aromatic heterocycles. The summed E-state index contributed by atoms with van der Waals surface area (Å²) in [5, 5.41) is 2.13. The number of fused-ring (bicyclic) bond motifs is 1. The van der Waals surface area contributed by atoms with Crippen LogP contribution in [0.25, 0.3) is 22.3 Å². The number of benzene rings is 1. The number of carbonyl (C=O) groups is 1. The number of para-hydroxylation sites is 1. The number of ether oxygens (including phenoxy) is 2. The van der Waals surface area contributed by atoms with Crippen LogP contribution in [0.3, 0.4) is 0 Å². The lowest BCUT2D eigenvalue weighted by Gasteiger charge is -2.33. The molecule has 2 aliphatic heterocycles. The summed E-state index contributed by atoms with van der Waals surface area (Å²) in [6, 6.07) is 6.18. The highest BCUT2D eigenvalue weighted by molar-refractivity contribution is 7.05. The van der Waals surface area contributed by atoms with Crippen LogP contribution in [0.2, 0.25) is 0 Å². The smallest absolute Gasteiger partial charge is 0.231 e. The highest BCUT2D eigenvalue weighted by atomic mass is 32.1. The van der Waals surface area contributed by atoms with Crippen molar-refractivity contribution in [1.29, 1.82) is 0 Å². The van der Waals surface area contributed by atoms with E-state index in [1.165, 1.54) is 11.5 Å². The van der Waals surface area contributed by atoms with E-state index in [9.17, 15) is 4.79 Å². The van der Waals surface area contributed by atoms with E-state index in [0.29, 0.717) is 12.5 Å². The van der Waals surface area contributed by atoms with Crippen molar-refractivity contribution >= 4 is 28.3 Å². The zero-order valence-electron chi connectivity index (χ0n) is 19.6. The zero-order valence-corrected chi connectivity index (χ0v) is 20.4. The number of rotatable bonds is 8. The summed E-state index contributed by atoms with van der Waals surface area (Å²) in [6.07, 6.45) is 4.35. The van der Waals surface area contributed by atoms with Gasteiger partial charge in [0.15, 0.2) is 5.82 Å². The van der Waals surface area contributed by atoms with Crippen LogP contribution in [-0.4, -0.2) is 82.7 Å². The maximum atomic E-state index is 11.2. The van der Waals surface area contributed by atoms with Crippen LogP contribution in [0, 0.1) is 5.92 Å². The summed E-state index contributed by atoms with van der Waals surface area (Å²) in [7, 11) is 1.72. The Hall–Kier alpha value is -2.53. The van der Waals surface area contributed by atoms with Crippen LogP contribution in [0.5, 0.6) is 5.75 Å². The number of aromatic nitrogens is 3. The number of amides is 1. The third-order valence-electron chi connectivity index (χ3n) is 6.79. The molecule has 2 saturated heterocycles. The second-order valence-electron chi connectivity index (χ2n) is 9.14. The summed E-state index contributed by atoms with van der Waals surface area (Å²) in [5.41, 5.74) is 7.48. The van der Waals surface area contributed by atoms with Gasteiger partial charge >= 0.3 is 0 Å². The van der Waals surface area contributed by atoms with Gasteiger partial charge in [0.05, 0.1) is 25.7 Å². The highest BCUT2D eigenvalue weighted by Crippen LogP contribution is 2.36. The van der Waals surface area contributed by atoms with Crippen molar-refractivity contribution in [2.45, 2.75) is 25.9 Å². The van der Waals surface area contributed by atoms with E-state index in [4.69, 9.17) is 24.6 Å². The molecule has 9 nitrogen and oxygen atoms in total. The molecule has 1 amide bonds. The van der Waals surface area contributed by atoms with Crippen LogP contribution >= 0.6 is 11.5 Å². The quantitative estimate of drug-likeness (QED) is 0.523. The van der Waals surface area contributed by atoms with Gasteiger partial charge in [0.2, 0.25) is 5.91 Å². The lowest BCUT2D eigenvalue weighted by molar-refractivity contribution is -0.119. The number of nitrogens with two attached hydrogens (primary N) is 1. The van der Waals surface area contributed by atoms with Gasteiger partial charge in [0.1, 0.15) is 10.8 Å². The topological polar surface area (TPSA) is 98.7 Å². The van der Waals surface area contributed by atoms with Crippen molar-refractivity contribution in [2.75, 3.05) is 53.0 Å². The van der Waals surface area contributed by atoms with Gasteiger partial charge in [0, 0.05) is 63.1 Å². The molecule has 5 rings (SSSR count). The summed E-state index contributed by atoms with van der Waals surface area (Å²) in [6.45, 7) is 7.18. The lowest BCUT2D eigenvalue weighted by atomic mass is 10.0. The van der Waals surface area contributed by atoms with Crippen molar-refractivity contribution in [3.63, 3.8) is 0 Å². The maximum Gasteiger partial charge on any atom is 0.231 e. The first kappa shape index (κ1) is 23.2. The Balaban J connectivity index is 1.35. The van der Waals surface area contributed by atoms with Crippen LogP contribution < -0.4 is 10.5 Å². The van der Waals surface area contributed by atoms with Crippen molar-refractivity contribution in [3.05, 3.63) is 29.4 Å². The van der Waals surface area contributed by atoms with Gasteiger partial charge in [-0.15, -0.1) is 0 Å². The first-order valence-corrected chi connectivity index (χ1v) is 12.7. The van der Waals surface area contributed by atoms with E-state index < -0.39 is 0 Å². The van der Waals surface area contributed by atoms with Gasteiger partial charge in [-0.3, -0.25) is 14.6 Å². The summed E-state index contributed by atoms with van der Waals surface area (Å²) in [4.78, 5) is 20.5. The Morgan fingerprint density at radius 3 is 2.71 bits per heavy atom. The van der Waals surface area contributed by atoms with Crippen LogP contribution in [0.4, 0.5) is 0 Å². The number of piperazine rings is 1. The Labute approximate surface area is 203 Å². The number of nitrogens with zero attached hydrogens (tertiary/aromatic N) is 5. The minimum absolute atomic E-state index is 0.269. The SMILES string of the molecule is COc1cccc2c(-c3nsc(CN4CCN(CC(N)=O)CC4)n3)cn(CC3CCOCC3)c12. The minimum Gasteiger partial charge on any atom is -0.495 e. The standard InChI is InChI=1S/C24H32N6O3S/c1-32-20-4-2-3-18-19(14-30(23(18)20)13-17-5-11-33-12-6-17)24-26-22(34-27-24)16-29-9-7-28(8-10-29)15-21(25)31/h2-4,14,17H,5-13,15-16H2,1H3,(H2,25,31). The van der Waals surface area contributed by atoms with Crippen molar-refractivity contribution < 1.29 is 14.3 Å².